The van der Waals surface area contributed by atoms with Gasteiger partial charge in [0, 0.05) is 10.2 Å². The molecule has 1 N–H and O–H groups in total. The van der Waals surface area contributed by atoms with Crippen LogP contribution in [0.2, 0.25) is 0 Å². The Morgan fingerprint density at radius 3 is 2.42 bits per heavy atom. The molecule has 1 amide bonds. The van der Waals surface area contributed by atoms with Crippen LogP contribution < -0.4 is 14.8 Å². The molecule has 3 aromatic rings. The van der Waals surface area contributed by atoms with Crippen LogP contribution in [0.3, 0.4) is 0 Å². The summed E-state index contributed by atoms with van der Waals surface area (Å²) in [5, 5.41) is 2.70. The third kappa shape index (κ3) is 3.15. The molecule has 0 saturated heterocycles. The molecule has 0 fully saturated rings. The summed E-state index contributed by atoms with van der Waals surface area (Å²) in [6.07, 6.45) is 0. The minimum absolute atomic E-state index is 0.00934. The average molecular weight is 414 g/mol. The van der Waals surface area contributed by atoms with Gasteiger partial charge < -0.3 is 14.8 Å². The van der Waals surface area contributed by atoms with Crippen molar-refractivity contribution in [2.75, 3.05) is 12.1 Å². The lowest BCUT2D eigenvalue weighted by atomic mass is 10.0. The first-order valence-corrected chi connectivity index (χ1v) is 8.66. The first kappa shape index (κ1) is 16.6. The van der Waals surface area contributed by atoms with Gasteiger partial charge in [0.1, 0.15) is 5.82 Å². The van der Waals surface area contributed by atoms with Crippen LogP contribution in [-0.2, 0) is 0 Å². The van der Waals surface area contributed by atoms with E-state index in [1.807, 2.05) is 24.3 Å². The van der Waals surface area contributed by atoms with E-state index < -0.39 is 11.7 Å². The monoisotopic (exact) mass is 413 g/mol. The predicted octanol–water partition coefficient (Wildman–Crippen LogP) is 5.24. The van der Waals surface area contributed by atoms with Gasteiger partial charge in [0.2, 0.25) is 6.79 Å². The molecule has 0 spiro atoms. The van der Waals surface area contributed by atoms with Gasteiger partial charge in [0.05, 0.1) is 5.56 Å². The standard InChI is InChI=1S/C20H13BrFNO3/c21-16-10-19-18(25-11-26-19)9-15(16)12-5-7-13(8-6-12)23-20(24)14-3-1-2-4-17(14)22/h1-10H,11H2,(H,23,24). The van der Waals surface area contributed by atoms with Crippen LogP contribution in [-0.4, -0.2) is 12.7 Å². The van der Waals surface area contributed by atoms with Crippen molar-refractivity contribution in [1.82, 2.24) is 0 Å². The Kier molecular flexibility index (Phi) is 4.34. The number of carbonyl (C=O) groups excluding carboxylic acids is 1. The molecule has 0 atom stereocenters. The van der Waals surface area contributed by atoms with Gasteiger partial charge in [-0.3, -0.25) is 4.79 Å². The molecule has 26 heavy (non-hydrogen) atoms. The first-order chi connectivity index (χ1) is 12.6. The highest BCUT2D eigenvalue weighted by Crippen LogP contribution is 2.41. The quantitative estimate of drug-likeness (QED) is 0.638. The van der Waals surface area contributed by atoms with Crippen LogP contribution in [0, 0.1) is 5.82 Å². The number of benzene rings is 3. The molecule has 1 aliphatic heterocycles. The van der Waals surface area contributed by atoms with E-state index in [4.69, 9.17) is 9.47 Å². The number of halogens is 2. The number of rotatable bonds is 3. The van der Waals surface area contributed by atoms with E-state index in [-0.39, 0.29) is 12.4 Å². The molecular formula is C20H13BrFNO3. The summed E-state index contributed by atoms with van der Waals surface area (Å²) in [6, 6.07) is 16.9. The molecule has 0 aliphatic carbocycles. The maximum absolute atomic E-state index is 13.7. The average Bonchev–Trinajstić information content (AvgIpc) is 3.09. The predicted molar refractivity (Wildman–Crippen MR) is 100 cm³/mol. The van der Waals surface area contributed by atoms with Crippen molar-refractivity contribution in [3.05, 3.63) is 76.5 Å². The summed E-state index contributed by atoms with van der Waals surface area (Å²) in [5.74, 6) is 0.362. The van der Waals surface area contributed by atoms with Gasteiger partial charge in [-0.15, -0.1) is 0 Å². The molecule has 0 aromatic heterocycles. The summed E-state index contributed by atoms with van der Waals surface area (Å²) in [5.41, 5.74) is 2.48. The highest BCUT2D eigenvalue weighted by atomic mass is 79.9. The molecule has 0 saturated carbocycles. The second kappa shape index (κ2) is 6.80. The number of hydrogen-bond acceptors (Lipinski definition) is 3. The van der Waals surface area contributed by atoms with Crippen LogP contribution >= 0.6 is 15.9 Å². The Labute approximate surface area is 157 Å². The number of anilines is 1. The van der Waals surface area contributed by atoms with E-state index in [9.17, 15) is 9.18 Å². The molecule has 6 heteroatoms. The third-order valence-corrected chi connectivity index (χ3v) is 4.69. The topological polar surface area (TPSA) is 47.6 Å². The Morgan fingerprint density at radius 1 is 1.00 bits per heavy atom. The van der Waals surface area contributed by atoms with E-state index in [2.05, 4.69) is 21.2 Å². The van der Waals surface area contributed by atoms with Crippen molar-refractivity contribution in [3.63, 3.8) is 0 Å². The van der Waals surface area contributed by atoms with Crippen molar-refractivity contribution < 1.29 is 18.7 Å². The van der Waals surface area contributed by atoms with Crippen LogP contribution in [0.15, 0.2) is 65.1 Å². The molecular weight excluding hydrogens is 401 g/mol. The minimum atomic E-state index is -0.550. The van der Waals surface area contributed by atoms with Crippen LogP contribution in [0.4, 0.5) is 10.1 Å². The van der Waals surface area contributed by atoms with Gasteiger partial charge >= 0.3 is 0 Å². The lowest BCUT2D eigenvalue weighted by Gasteiger charge is -2.09. The van der Waals surface area contributed by atoms with Gasteiger partial charge in [-0.25, -0.2) is 4.39 Å². The Bertz CT molecular complexity index is 989. The summed E-state index contributed by atoms with van der Waals surface area (Å²) in [4.78, 5) is 12.2. The maximum atomic E-state index is 13.7. The molecule has 1 heterocycles. The zero-order chi connectivity index (χ0) is 18.1. The normalized spacial score (nSPS) is 12.1. The molecule has 0 unspecified atom stereocenters. The van der Waals surface area contributed by atoms with Gasteiger partial charge in [-0.05, 0) is 47.5 Å². The van der Waals surface area contributed by atoms with Crippen molar-refractivity contribution >= 4 is 27.5 Å². The fraction of sp³-hybridized carbons (Fsp3) is 0.0500. The molecule has 1 aliphatic rings. The van der Waals surface area contributed by atoms with Gasteiger partial charge in [-0.2, -0.15) is 0 Å². The van der Waals surface area contributed by atoms with Crippen molar-refractivity contribution in [2.24, 2.45) is 0 Å². The zero-order valence-electron chi connectivity index (χ0n) is 13.5. The molecule has 4 nitrogen and oxygen atoms in total. The van der Waals surface area contributed by atoms with E-state index in [1.54, 1.807) is 24.3 Å². The first-order valence-electron chi connectivity index (χ1n) is 7.87. The lowest BCUT2D eigenvalue weighted by Crippen LogP contribution is -2.13. The van der Waals surface area contributed by atoms with Gasteiger partial charge in [0.15, 0.2) is 11.5 Å². The molecule has 3 aromatic carbocycles. The Balaban J connectivity index is 1.56. The second-order valence-corrected chi connectivity index (χ2v) is 6.55. The van der Waals surface area contributed by atoms with Gasteiger partial charge in [0.25, 0.3) is 5.91 Å². The summed E-state index contributed by atoms with van der Waals surface area (Å²) in [7, 11) is 0. The lowest BCUT2D eigenvalue weighted by molar-refractivity contribution is 0.102. The molecule has 130 valence electrons. The summed E-state index contributed by atoms with van der Waals surface area (Å²) in [6.45, 7) is 0.215. The van der Waals surface area contributed by atoms with Crippen molar-refractivity contribution in [2.45, 2.75) is 0 Å². The fourth-order valence-electron chi connectivity index (χ4n) is 2.72. The SMILES string of the molecule is O=C(Nc1ccc(-c2cc3c(cc2Br)OCO3)cc1)c1ccccc1F. The number of hydrogen-bond donors (Lipinski definition) is 1. The van der Waals surface area contributed by atoms with Crippen LogP contribution in [0.25, 0.3) is 11.1 Å². The summed E-state index contributed by atoms with van der Waals surface area (Å²) >= 11 is 3.54. The van der Waals surface area contributed by atoms with E-state index in [0.29, 0.717) is 17.2 Å². The molecule has 0 radical (unpaired) electrons. The zero-order valence-corrected chi connectivity index (χ0v) is 15.0. The molecule has 4 rings (SSSR count). The number of amides is 1. The van der Waals surface area contributed by atoms with Crippen molar-refractivity contribution in [3.8, 4) is 22.6 Å². The fourth-order valence-corrected chi connectivity index (χ4v) is 3.27. The van der Waals surface area contributed by atoms with Crippen LogP contribution in [0.5, 0.6) is 11.5 Å². The van der Waals surface area contributed by atoms with Crippen LogP contribution in [0.1, 0.15) is 10.4 Å². The highest BCUT2D eigenvalue weighted by molar-refractivity contribution is 9.10. The number of carbonyl (C=O) groups is 1. The van der Waals surface area contributed by atoms with E-state index in [0.717, 1.165) is 15.6 Å². The minimum Gasteiger partial charge on any atom is -0.454 e. The van der Waals surface area contributed by atoms with E-state index >= 15 is 0 Å². The maximum Gasteiger partial charge on any atom is 0.258 e. The highest BCUT2D eigenvalue weighted by Gasteiger charge is 2.17. The van der Waals surface area contributed by atoms with Gasteiger partial charge in [-0.1, -0.05) is 40.2 Å². The number of fused-ring (bicyclic) bond motifs is 1. The Hall–Kier alpha value is -2.86. The van der Waals surface area contributed by atoms with E-state index in [1.165, 1.54) is 12.1 Å². The number of ether oxygens (including phenoxy) is 2. The summed E-state index contributed by atoms with van der Waals surface area (Å²) < 4.78 is 25.3. The smallest absolute Gasteiger partial charge is 0.258 e. The Morgan fingerprint density at radius 2 is 1.69 bits per heavy atom. The second-order valence-electron chi connectivity index (χ2n) is 5.70. The van der Waals surface area contributed by atoms with Crippen molar-refractivity contribution in [1.29, 1.82) is 0 Å². The molecule has 0 bridgehead atoms. The largest absolute Gasteiger partial charge is 0.454 e. The third-order valence-electron chi connectivity index (χ3n) is 4.03. The number of nitrogens with one attached hydrogen (secondary N) is 1.